The first-order valence-corrected chi connectivity index (χ1v) is 6.48. The van der Waals surface area contributed by atoms with E-state index in [0.29, 0.717) is 24.4 Å². The number of hydrogen-bond acceptors (Lipinski definition) is 5. The molecule has 0 aliphatic heterocycles. The van der Waals surface area contributed by atoms with Crippen molar-refractivity contribution in [1.29, 1.82) is 0 Å². The number of nitrogens with one attached hydrogen (secondary N) is 1. The number of nitrogens with zero attached hydrogens (tertiary/aromatic N) is 2. The summed E-state index contributed by atoms with van der Waals surface area (Å²) < 4.78 is 5.52. The van der Waals surface area contributed by atoms with Gasteiger partial charge in [0.05, 0.1) is 18.5 Å². The van der Waals surface area contributed by atoms with Gasteiger partial charge in [0.25, 0.3) is 0 Å². The molecule has 1 aromatic heterocycles. The number of nitrogens with two attached hydrogens (primary N) is 1. The maximum atomic E-state index is 5.62. The van der Waals surface area contributed by atoms with Gasteiger partial charge in [-0.3, -0.25) is 4.98 Å². The summed E-state index contributed by atoms with van der Waals surface area (Å²) in [5, 5.41) is 3.36. The molecule has 0 aromatic carbocycles. The average Bonchev–Trinajstić information content (AvgIpc) is 2.28. The summed E-state index contributed by atoms with van der Waals surface area (Å²) in [4.78, 5) is 8.51. The van der Waals surface area contributed by atoms with Gasteiger partial charge in [-0.1, -0.05) is 13.8 Å². The van der Waals surface area contributed by atoms with Gasteiger partial charge in [-0.2, -0.15) is 4.98 Å². The molecule has 1 atom stereocenters. The molecule has 1 rings (SSSR count). The Morgan fingerprint density at radius 3 is 2.56 bits per heavy atom. The topological polar surface area (TPSA) is 73.1 Å². The fourth-order valence-electron chi connectivity index (χ4n) is 1.66. The lowest BCUT2D eigenvalue weighted by molar-refractivity contribution is 0.232. The minimum atomic E-state index is 0.0967. The van der Waals surface area contributed by atoms with Gasteiger partial charge in [-0.15, -0.1) is 0 Å². The molecular formula is C13H24N4O. The number of hydrogen-bond donors (Lipinski definition) is 2. The first kappa shape index (κ1) is 14.7. The van der Waals surface area contributed by atoms with Crippen LogP contribution in [-0.2, 0) is 0 Å². The van der Waals surface area contributed by atoms with E-state index in [1.54, 1.807) is 12.4 Å². The van der Waals surface area contributed by atoms with Crippen molar-refractivity contribution in [3.05, 3.63) is 12.4 Å². The molecule has 0 saturated heterocycles. The number of aromatic nitrogens is 2. The van der Waals surface area contributed by atoms with E-state index in [2.05, 4.69) is 29.1 Å². The maximum Gasteiger partial charge on any atom is 0.234 e. The second-order valence-electron chi connectivity index (χ2n) is 4.98. The van der Waals surface area contributed by atoms with Gasteiger partial charge in [0.2, 0.25) is 5.88 Å². The fourth-order valence-corrected chi connectivity index (χ4v) is 1.66. The van der Waals surface area contributed by atoms with E-state index < -0.39 is 0 Å². The monoisotopic (exact) mass is 252 g/mol. The highest BCUT2D eigenvalue weighted by Gasteiger charge is 2.13. The molecule has 102 valence electrons. The Balaban J connectivity index is 2.70. The lowest BCUT2D eigenvalue weighted by atomic mass is 10.0. The highest BCUT2D eigenvalue weighted by atomic mass is 16.5. The predicted octanol–water partition coefficient (Wildman–Crippen LogP) is 2.05. The van der Waals surface area contributed by atoms with E-state index in [1.807, 2.05) is 13.8 Å². The molecule has 3 N–H and O–H groups in total. The molecule has 0 radical (unpaired) electrons. The van der Waals surface area contributed by atoms with Crippen LogP contribution in [0.5, 0.6) is 5.88 Å². The van der Waals surface area contributed by atoms with Gasteiger partial charge < -0.3 is 15.8 Å². The van der Waals surface area contributed by atoms with E-state index >= 15 is 0 Å². The Hall–Kier alpha value is -1.36. The van der Waals surface area contributed by atoms with E-state index in [4.69, 9.17) is 10.5 Å². The van der Waals surface area contributed by atoms with Crippen LogP contribution in [0.25, 0.3) is 0 Å². The molecule has 0 aliphatic carbocycles. The third-order valence-corrected chi connectivity index (χ3v) is 2.58. The molecule has 1 unspecified atom stereocenters. The van der Waals surface area contributed by atoms with Crippen LogP contribution in [0.2, 0.25) is 0 Å². The standard InChI is InChI=1S/C13H24N4O/c1-9(2)11(5-6-14)16-12-7-15-8-13(17-12)18-10(3)4/h7-11H,5-6,14H2,1-4H3,(H,16,17). The molecule has 0 fully saturated rings. The van der Waals surface area contributed by atoms with Crippen molar-refractivity contribution in [1.82, 2.24) is 9.97 Å². The second kappa shape index (κ2) is 7.16. The Morgan fingerprint density at radius 2 is 2.00 bits per heavy atom. The molecular weight excluding hydrogens is 228 g/mol. The van der Waals surface area contributed by atoms with Gasteiger partial charge in [0.1, 0.15) is 5.82 Å². The van der Waals surface area contributed by atoms with Crippen LogP contribution in [0.3, 0.4) is 0 Å². The van der Waals surface area contributed by atoms with Gasteiger partial charge >= 0.3 is 0 Å². The summed E-state index contributed by atoms with van der Waals surface area (Å²) >= 11 is 0. The number of ether oxygens (including phenoxy) is 1. The molecule has 0 spiro atoms. The van der Waals surface area contributed by atoms with Crippen molar-refractivity contribution in [3.8, 4) is 5.88 Å². The zero-order valence-corrected chi connectivity index (χ0v) is 11.7. The predicted molar refractivity (Wildman–Crippen MR) is 73.7 cm³/mol. The van der Waals surface area contributed by atoms with E-state index in [0.717, 1.165) is 12.2 Å². The van der Waals surface area contributed by atoms with Crippen molar-refractivity contribution in [2.24, 2.45) is 11.7 Å². The molecule has 0 saturated carbocycles. The first-order valence-electron chi connectivity index (χ1n) is 6.48. The van der Waals surface area contributed by atoms with Gasteiger partial charge in [0, 0.05) is 6.04 Å². The lowest BCUT2D eigenvalue weighted by Gasteiger charge is -2.22. The van der Waals surface area contributed by atoms with Crippen LogP contribution in [0, 0.1) is 5.92 Å². The van der Waals surface area contributed by atoms with Crippen LogP contribution in [0.1, 0.15) is 34.1 Å². The maximum absolute atomic E-state index is 5.62. The summed E-state index contributed by atoms with van der Waals surface area (Å²) in [5.74, 6) is 1.77. The second-order valence-corrected chi connectivity index (χ2v) is 4.98. The number of rotatable bonds is 7. The summed E-state index contributed by atoms with van der Waals surface area (Å²) in [7, 11) is 0. The van der Waals surface area contributed by atoms with Crippen LogP contribution in [-0.4, -0.2) is 28.7 Å². The smallest absolute Gasteiger partial charge is 0.234 e. The molecule has 5 nitrogen and oxygen atoms in total. The molecule has 0 bridgehead atoms. The van der Waals surface area contributed by atoms with Crippen molar-refractivity contribution < 1.29 is 4.74 Å². The van der Waals surface area contributed by atoms with E-state index in [1.165, 1.54) is 0 Å². The SMILES string of the molecule is CC(C)Oc1cncc(NC(CCN)C(C)C)n1. The molecule has 1 heterocycles. The Morgan fingerprint density at radius 1 is 1.28 bits per heavy atom. The van der Waals surface area contributed by atoms with Crippen molar-refractivity contribution in [2.75, 3.05) is 11.9 Å². The van der Waals surface area contributed by atoms with E-state index in [-0.39, 0.29) is 6.10 Å². The minimum Gasteiger partial charge on any atom is -0.474 e. The normalized spacial score (nSPS) is 12.8. The van der Waals surface area contributed by atoms with Crippen LogP contribution >= 0.6 is 0 Å². The molecule has 5 heteroatoms. The van der Waals surface area contributed by atoms with E-state index in [9.17, 15) is 0 Å². The van der Waals surface area contributed by atoms with Crippen LogP contribution in [0.4, 0.5) is 5.82 Å². The highest BCUT2D eigenvalue weighted by molar-refractivity contribution is 5.34. The highest BCUT2D eigenvalue weighted by Crippen LogP contribution is 2.15. The van der Waals surface area contributed by atoms with Gasteiger partial charge in [-0.05, 0) is 32.7 Å². The fraction of sp³-hybridized carbons (Fsp3) is 0.692. The van der Waals surface area contributed by atoms with Crippen molar-refractivity contribution in [3.63, 3.8) is 0 Å². The number of anilines is 1. The Labute approximate surface area is 109 Å². The van der Waals surface area contributed by atoms with Gasteiger partial charge in [0.15, 0.2) is 0 Å². The molecule has 1 aromatic rings. The Kier molecular flexibility index (Phi) is 5.85. The third kappa shape index (κ3) is 4.87. The summed E-state index contributed by atoms with van der Waals surface area (Å²) in [6, 6.07) is 0.304. The summed E-state index contributed by atoms with van der Waals surface area (Å²) in [6.45, 7) is 8.91. The first-order chi connectivity index (χ1) is 8.52. The van der Waals surface area contributed by atoms with Crippen molar-refractivity contribution in [2.45, 2.75) is 46.3 Å². The van der Waals surface area contributed by atoms with Crippen LogP contribution in [0.15, 0.2) is 12.4 Å². The van der Waals surface area contributed by atoms with Crippen molar-refractivity contribution >= 4 is 5.82 Å². The Bertz CT molecular complexity index is 355. The third-order valence-electron chi connectivity index (χ3n) is 2.58. The van der Waals surface area contributed by atoms with Gasteiger partial charge in [-0.25, -0.2) is 0 Å². The summed E-state index contributed by atoms with van der Waals surface area (Å²) in [5.41, 5.74) is 5.62. The largest absolute Gasteiger partial charge is 0.474 e. The molecule has 0 amide bonds. The van der Waals surface area contributed by atoms with Crippen LogP contribution < -0.4 is 15.8 Å². The quantitative estimate of drug-likeness (QED) is 0.777. The minimum absolute atomic E-state index is 0.0967. The zero-order valence-electron chi connectivity index (χ0n) is 11.7. The lowest BCUT2D eigenvalue weighted by Crippen LogP contribution is -2.29. The zero-order chi connectivity index (χ0) is 13.5. The molecule has 18 heavy (non-hydrogen) atoms. The molecule has 0 aliphatic rings. The summed E-state index contributed by atoms with van der Waals surface area (Å²) in [6.07, 6.45) is 4.34. The average molecular weight is 252 g/mol.